The smallest absolute Gasteiger partial charge is 0.229 e. The summed E-state index contributed by atoms with van der Waals surface area (Å²) in [6.45, 7) is 4.06. The first kappa shape index (κ1) is 19.3. The highest BCUT2D eigenvalue weighted by atomic mass is 35.5. The standard InChI is InChI=1S/C20H19Cl2N3O2/c1-12(20(26)23-11-14-6-4-3-5-7-14)18-19(13(2)24-25-18)27-17-9-15(21)8-16(22)10-17/h3-10,12H,11H2,1-2H3,(H,23,26)(H,24,25). The van der Waals surface area contributed by atoms with E-state index in [4.69, 9.17) is 27.9 Å². The van der Waals surface area contributed by atoms with Crippen LogP contribution in [0.2, 0.25) is 10.0 Å². The molecule has 2 N–H and O–H groups in total. The molecule has 3 aromatic rings. The quantitative estimate of drug-likeness (QED) is 0.591. The number of hydrogen-bond donors (Lipinski definition) is 2. The van der Waals surface area contributed by atoms with Gasteiger partial charge in [-0.3, -0.25) is 9.89 Å². The van der Waals surface area contributed by atoms with Crippen molar-refractivity contribution in [2.24, 2.45) is 0 Å². The summed E-state index contributed by atoms with van der Waals surface area (Å²) < 4.78 is 5.93. The number of benzene rings is 2. The molecule has 1 atom stereocenters. The Morgan fingerprint density at radius 1 is 1.19 bits per heavy atom. The van der Waals surface area contributed by atoms with Gasteiger partial charge in [0.2, 0.25) is 5.91 Å². The summed E-state index contributed by atoms with van der Waals surface area (Å²) in [4.78, 5) is 12.6. The summed E-state index contributed by atoms with van der Waals surface area (Å²) in [5.41, 5.74) is 2.26. The van der Waals surface area contributed by atoms with Gasteiger partial charge in [-0.2, -0.15) is 5.10 Å². The van der Waals surface area contributed by atoms with Gasteiger partial charge >= 0.3 is 0 Å². The second-order valence-electron chi connectivity index (χ2n) is 6.20. The molecule has 7 heteroatoms. The van der Waals surface area contributed by atoms with Gasteiger partial charge in [-0.25, -0.2) is 0 Å². The second kappa shape index (κ2) is 8.46. The molecule has 0 saturated heterocycles. The topological polar surface area (TPSA) is 67.0 Å². The molecule has 0 saturated carbocycles. The van der Waals surface area contributed by atoms with Crippen molar-refractivity contribution >= 4 is 29.1 Å². The highest BCUT2D eigenvalue weighted by Crippen LogP contribution is 2.34. The lowest BCUT2D eigenvalue weighted by atomic mass is 10.1. The van der Waals surface area contributed by atoms with E-state index in [9.17, 15) is 4.79 Å². The van der Waals surface area contributed by atoms with E-state index in [0.717, 1.165) is 5.56 Å². The third kappa shape index (κ3) is 4.81. The minimum atomic E-state index is -0.497. The molecule has 0 fully saturated rings. The zero-order chi connectivity index (χ0) is 19.4. The molecule has 0 aliphatic heterocycles. The van der Waals surface area contributed by atoms with Crippen LogP contribution in [-0.4, -0.2) is 16.1 Å². The van der Waals surface area contributed by atoms with Gasteiger partial charge in [0, 0.05) is 16.6 Å². The molecule has 2 aromatic carbocycles. The fourth-order valence-electron chi connectivity index (χ4n) is 2.63. The Bertz CT molecular complexity index is 921. The van der Waals surface area contributed by atoms with Crippen LogP contribution in [0.5, 0.6) is 11.5 Å². The van der Waals surface area contributed by atoms with Gasteiger partial charge < -0.3 is 10.1 Å². The monoisotopic (exact) mass is 403 g/mol. The number of nitrogens with zero attached hydrogens (tertiary/aromatic N) is 1. The van der Waals surface area contributed by atoms with Gasteiger partial charge in [-0.05, 0) is 37.6 Å². The van der Waals surface area contributed by atoms with Crippen LogP contribution in [0.1, 0.15) is 29.8 Å². The molecule has 1 amide bonds. The van der Waals surface area contributed by atoms with E-state index in [0.29, 0.717) is 39.5 Å². The molecule has 0 radical (unpaired) electrons. The minimum Gasteiger partial charge on any atom is -0.453 e. The Hall–Kier alpha value is -2.50. The van der Waals surface area contributed by atoms with Crippen LogP contribution in [-0.2, 0) is 11.3 Å². The third-order valence-corrected chi connectivity index (χ3v) is 4.52. The first-order valence-electron chi connectivity index (χ1n) is 8.44. The van der Waals surface area contributed by atoms with E-state index in [2.05, 4.69) is 15.5 Å². The molecule has 1 aromatic heterocycles. The van der Waals surface area contributed by atoms with Gasteiger partial charge in [0.25, 0.3) is 0 Å². The maximum atomic E-state index is 12.6. The van der Waals surface area contributed by atoms with Gasteiger partial charge in [0.05, 0.1) is 11.6 Å². The van der Waals surface area contributed by atoms with Crippen LogP contribution >= 0.6 is 23.2 Å². The zero-order valence-corrected chi connectivity index (χ0v) is 16.4. The zero-order valence-electron chi connectivity index (χ0n) is 14.9. The Kier molecular flexibility index (Phi) is 6.04. The normalized spacial score (nSPS) is 11.9. The highest BCUT2D eigenvalue weighted by molar-refractivity contribution is 6.34. The van der Waals surface area contributed by atoms with E-state index < -0.39 is 5.92 Å². The average molecular weight is 404 g/mol. The van der Waals surface area contributed by atoms with E-state index >= 15 is 0 Å². The molecular formula is C20H19Cl2N3O2. The van der Waals surface area contributed by atoms with Gasteiger partial charge in [0.15, 0.2) is 5.75 Å². The molecule has 5 nitrogen and oxygen atoms in total. The number of aryl methyl sites for hydroxylation is 1. The van der Waals surface area contributed by atoms with Gasteiger partial charge in [-0.15, -0.1) is 0 Å². The lowest BCUT2D eigenvalue weighted by Gasteiger charge is -2.13. The van der Waals surface area contributed by atoms with Crippen LogP contribution in [0.25, 0.3) is 0 Å². The number of aromatic amines is 1. The van der Waals surface area contributed by atoms with Gasteiger partial charge in [-0.1, -0.05) is 53.5 Å². The molecule has 27 heavy (non-hydrogen) atoms. The Morgan fingerprint density at radius 3 is 2.52 bits per heavy atom. The molecular weight excluding hydrogens is 385 g/mol. The molecule has 0 spiro atoms. The van der Waals surface area contributed by atoms with Crippen LogP contribution in [0.3, 0.4) is 0 Å². The lowest BCUT2D eigenvalue weighted by molar-refractivity contribution is -0.122. The SMILES string of the molecule is Cc1[nH]nc(C(C)C(=O)NCc2ccccc2)c1Oc1cc(Cl)cc(Cl)c1. The summed E-state index contributed by atoms with van der Waals surface area (Å²) >= 11 is 12.1. The number of aromatic nitrogens is 2. The number of rotatable bonds is 6. The Morgan fingerprint density at radius 2 is 1.85 bits per heavy atom. The fraction of sp³-hybridized carbons (Fsp3) is 0.200. The number of hydrogen-bond acceptors (Lipinski definition) is 3. The molecule has 140 valence electrons. The number of carbonyl (C=O) groups is 1. The molecule has 0 aliphatic carbocycles. The number of H-pyrrole nitrogens is 1. The molecule has 3 rings (SSSR count). The first-order valence-corrected chi connectivity index (χ1v) is 9.20. The van der Waals surface area contributed by atoms with Crippen molar-refractivity contribution in [3.63, 3.8) is 0 Å². The van der Waals surface area contributed by atoms with Crippen LogP contribution in [0, 0.1) is 6.92 Å². The predicted molar refractivity (Wildman–Crippen MR) is 107 cm³/mol. The summed E-state index contributed by atoms with van der Waals surface area (Å²) in [5, 5.41) is 11.0. The third-order valence-electron chi connectivity index (χ3n) is 4.09. The summed E-state index contributed by atoms with van der Waals surface area (Å²) in [6, 6.07) is 14.7. The lowest BCUT2D eigenvalue weighted by Crippen LogP contribution is -2.27. The number of amides is 1. The van der Waals surface area contributed by atoms with Gasteiger partial charge in [0.1, 0.15) is 11.4 Å². The van der Waals surface area contributed by atoms with Crippen molar-refractivity contribution in [2.75, 3.05) is 0 Å². The van der Waals surface area contributed by atoms with E-state index in [-0.39, 0.29) is 5.91 Å². The molecule has 1 unspecified atom stereocenters. The van der Waals surface area contributed by atoms with E-state index in [1.165, 1.54) is 0 Å². The number of nitrogens with one attached hydrogen (secondary N) is 2. The van der Waals surface area contributed by atoms with E-state index in [1.807, 2.05) is 37.3 Å². The fourth-order valence-corrected chi connectivity index (χ4v) is 3.13. The van der Waals surface area contributed by atoms with Crippen molar-refractivity contribution in [1.29, 1.82) is 0 Å². The number of ether oxygens (including phenoxy) is 1. The van der Waals surface area contributed by atoms with Crippen LogP contribution in [0.15, 0.2) is 48.5 Å². The first-order chi connectivity index (χ1) is 12.9. The summed E-state index contributed by atoms with van der Waals surface area (Å²) in [6.07, 6.45) is 0. The molecule has 0 bridgehead atoms. The maximum Gasteiger partial charge on any atom is 0.229 e. The largest absolute Gasteiger partial charge is 0.453 e. The summed E-state index contributed by atoms with van der Waals surface area (Å²) in [7, 11) is 0. The van der Waals surface area contributed by atoms with Crippen molar-refractivity contribution in [3.8, 4) is 11.5 Å². The predicted octanol–water partition coefficient (Wildman–Crippen LogP) is 5.24. The van der Waals surface area contributed by atoms with Crippen LogP contribution in [0.4, 0.5) is 0 Å². The maximum absolute atomic E-state index is 12.6. The van der Waals surface area contributed by atoms with E-state index in [1.54, 1.807) is 25.1 Å². The van der Waals surface area contributed by atoms with Crippen LogP contribution < -0.4 is 10.1 Å². The Balaban J connectivity index is 1.75. The minimum absolute atomic E-state index is 0.140. The average Bonchev–Trinajstić information content (AvgIpc) is 2.99. The molecule has 1 heterocycles. The summed E-state index contributed by atoms with van der Waals surface area (Å²) in [5.74, 6) is 0.341. The second-order valence-corrected chi connectivity index (χ2v) is 7.07. The van der Waals surface area contributed by atoms with Crippen molar-refractivity contribution in [2.45, 2.75) is 26.3 Å². The van der Waals surface area contributed by atoms with Crippen molar-refractivity contribution < 1.29 is 9.53 Å². The highest BCUT2D eigenvalue weighted by Gasteiger charge is 2.24. The van der Waals surface area contributed by atoms with Crippen molar-refractivity contribution in [1.82, 2.24) is 15.5 Å². The number of carbonyl (C=O) groups excluding carboxylic acids is 1. The Labute approximate surface area is 167 Å². The number of halogens is 2. The molecule has 0 aliphatic rings. The van der Waals surface area contributed by atoms with Crippen molar-refractivity contribution in [3.05, 3.63) is 75.5 Å².